The molecule has 0 saturated carbocycles. The highest BCUT2D eigenvalue weighted by Crippen LogP contribution is 2.28. The number of carbonyl (C=O) groups excluding carboxylic acids is 1. The number of carbonyl (C=O) groups is 1. The highest BCUT2D eigenvalue weighted by Gasteiger charge is 2.42. The van der Waals surface area contributed by atoms with Gasteiger partial charge in [-0.05, 0) is 32.5 Å². The Hall–Kier alpha value is -2.17. The van der Waals surface area contributed by atoms with E-state index in [-0.39, 0.29) is 29.9 Å². The zero-order valence-electron chi connectivity index (χ0n) is 15.7. The second-order valence-corrected chi connectivity index (χ2v) is 6.63. The molecule has 0 unspecified atom stereocenters. The molecule has 28 heavy (non-hydrogen) atoms. The molecule has 0 bridgehead atoms. The number of rotatable bonds is 8. The molecule has 0 radical (unpaired) electrons. The molecule has 1 saturated heterocycles. The van der Waals surface area contributed by atoms with Crippen molar-refractivity contribution in [2.24, 2.45) is 0 Å². The van der Waals surface area contributed by atoms with E-state index in [0.717, 1.165) is 19.0 Å². The smallest absolute Gasteiger partial charge is 0.340 e. The van der Waals surface area contributed by atoms with E-state index in [2.05, 4.69) is 9.72 Å². The number of hydrogen-bond donors (Lipinski definition) is 0. The van der Waals surface area contributed by atoms with E-state index in [1.54, 1.807) is 7.05 Å². The number of amides is 1. The van der Waals surface area contributed by atoms with Crippen molar-refractivity contribution in [1.29, 1.82) is 0 Å². The Morgan fingerprint density at radius 3 is 2.64 bits per heavy atom. The molecule has 1 aliphatic rings. The second-order valence-electron chi connectivity index (χ2n) is 6.63. The number of hydrogen-bond acceptors (Lipinski definition) is 5. The fraction of sp³-hybridized carbons (Fsp3) is 0.647. The van der Waals surface area contributed by atoms with Crippen LogP contribution in [0.3, 0.4) is 0 Å². The first-order valence-electron chi connectivity index (χ1n) is 8.54. The van der Waals surface area contributed by atoms with Crippen LogP contribution in [0.4, 0.5) is 22.0 Å². The van der Waals surface area contributed by atoms with E-state index < -0.39 is 30.7 Å². The first-order chi connectivity index (χ1) is 13.1. The number of nitrogens with zero attached hydrogens (tertiary/aromatic N) is 3. The molecule has 0 aromatic carbocycles. The minimum absolute atomic E-state index is 0.0380. The normalized spacial score (nSPS) is 17.8. The van der Waals surface area contributed by atoms with Crippen molar-refractivity contribution in [2.75, 3.05) is 34.4 Å². The van der Waals surface area contributed by atoms with Crippen molar-refractivity contribution in [3.05, 3.63) is 17.4 Å². The van der Waals surface area contributed by atoms with E-state index >= 15 is 0 Å². The van der Waals surface area contributed by atoms with Gasteiger partial charge in [-0.15, -0.1) is 0 Å². The topological polar surface area (TPSA) is 54.9 Å². The molecule has 158 valence electrons. The molecule has 1 aromatic heterocycles. The van der Waals surface area contributed by atoms with Gasteiger partial charge >= 0.3 is 12.3 Å². The van der Waals surface area contributed by atoms with Crippen LogP contribution >= 0.6 is 0 Å². The molecule has 1 fully saturated rings. The van der Waals surface area contributed by atoms with Gasteiger partial charge in [0, 0.05) is 12.6 Å². The summed E-state index contributed by atoms with van der Waals surface area (Å²) in [5.41, 5.74) is 0.185. The molecule has 2 heterocycles. The van der Waals surface area contributed by atoms with Crippen molar-refractivity contribution in [3.8, 4) is 11.8 Å². The van der Waals surface area contributed by atoms with Crippen molar-refractivity contribution >= 4 is 5.91 Å². The molecule has 2 rings (SSSR count). The fourth-order valence-corrected chi connectivity index (χ4v) is 2.92. The predicted molar refractivity (Wildman–Crippen MR) is 89.3 cm³/mol. The first kappa shape index (κ1) is 22.1. The average molecular weight is 411 g/mol. The summed E-state index contributed by atoms with van der Waals surface area (Å²) in [5.74, 6) is -6.76. The summed E-state index contributed by atoms with van der Waals surface area (Å²) in [6.07, 6.45) is -2.34. The molecule has 6 nitrogen and oxygen atoms in total. The molecule has 1 amide bonds. The van der Waals surface area contributed by atoms with E-state index in [1.807, 2.05) is 11.9 Å². The van der Waals surface area contributed by atoms with Crippen molar-refractivity contribution in [2.45, 2.75) is 37.8 Å². The number of methoxy groups -OCH3 is 1. The van der Waals surface area contributed by atoms with Gasteiger partial charge in [-0.25, -0.2) is 13.2 Å². The lowest BCUT2D eigenvalue weighted by Crippen LogP contribution is -2.42. The Labute approximate surface area is 159 Å². The number of likely N-dealkylation sites (tertiary alicyclic amines) is 1. The van der Waals surface area contributed by atoms with Gasteiger partial charge in [0.2, 0.25) is 11.8 Å². The number of ether oxygens (including phenoxy) is 2. The molecule has 1 aromatic rings. The zero-order valence-corrected chi connectivity index (χ0v) is 15.7. The van der Waals surface area contributed by atoms with E-state index in [4.69, 9.17) is 4.74 Å². The Morgan fingerprint density at radius 2 is 2.11 bits per heavy atom. The number of likely N-dealkylation sites (N-methyl/N-ethyl adjacent to an activating group) is 2. The van der Waals surface area contributed by atoms with Gasteiger partial charge in [-0.1, -0.05) is 0 Å². The van der Waals surface area contributed by atoms with Crippen LogP contribution in [0.25, 0.3) is 0 Å². The Kier molecular flexibility index (Phi) is 7.02. The van der Waals surface area contributed by atoms with Crippen LogP contribution in [0.1, 0.15) is 18.4 Å². The maximum atomic E-state index is 14.2. The van der Waals surface area contributed by atoms with Gasteiger partial charge in [0.25, 0.3) is 5.88 Å². The predicted octanol–water partition coefficient (Wildman–Crippen LogP) is 2.56. The summed E-state index contributed by atoms with van der Waals surface area (Å²) in [6.45, 7) is -0.966. The third-order valence-electron chi connectivity index (χ3n) is 4.49. The first-order valence-corrected chi connectivity index (χ1v) is 8.54. The Bertz CT molecular complexity index is 705. The van der Waals surface area contributed by atoms with Gasteiger partial charge in [0.05, 0.1) is 19.7 Å². The van der Waals surface area contributed by atoms with Crippen LogP contribution in [0.5, 0.6) is 11.8 Å². The Balaban J connectivity index is 2.13. The molecule has 0 N–H and O–H groups in total. The molecule has 0 aliphatic carbocycles. The van der Waals surface area contributed by atoms with E-state index in [9.17, 15) is 26.7 Å². The number of alkyl halides is 4. The van der Waals surface area contributed by atoms with Gasteiger partial charge in [0.15, 0.2) is 12.4 Å². The monoisotopic (exact) mass is 411 g/mol. The molecule has 1 atom stereocenters. The lowest BCUT2D eigenvalue weighted by Gasteiger charge is -2.25. The summed E-state index contributed by atoms with van der Waals surface area (Å²) >= 11 is 0. The van der Waals surface area contributed by atoms with Crippen LogP contribution in [-0.2, 0) is 11.3 Å². The van der Waals surface area contributed by atoms with Crippen molar-refractivity contribution in [3.63, 3.8) is 0 Å². The van der Waals surface area contributed by atoms with Crippen LogP contribution in [-0.4, -0.2) is 73.4 Å². The van der Waals surface area contributed by atoms with Crippen molar-refractivity contribution < 1.29 is 36.2 Å². The SMILES string of the molecule is COc1nc(OCC(F)(F)C(F)F)c(F)cc1CN(C)C(=O)[C@@H]1CCCN1C. The average Bonchev–Trinajstić information content (AvgIpc) is 3.06. The van der Waals surface area contributed by atoms with Crippen molar-refractivity contribution in [1.82, 2.24) is 14.8 Å². The lowest BCUT2D eigenvalue weighted by molar-refractivity contribution is -0.149. The molecular weight excluding hydrogens is 389 g/mol. The summed E-state index contributed by atoms with van der Waals surface area (Å²) in [7, 11) is 4.60. The highest BCUT2D eigenvalue weighted by atomic mass is 19.3. The highest BCUT2D eigenvalue weighted by molar-refractivity contribution is 5.82. The van der Waals surface area contributed by atoms with Gasteiger partial charge in [-0.3, -0.25) is 9.69 Å². The fourth-order valence-electron chi connectivity index (χ4n) is 2.92. The largest absolute Gasteiger partial charge is 0.481 e. The van der Waals surface area contributed by atoms with E-state index in [0.29, 0.717) is 6.42 Å². The van der Waals surface area contributed by atoms with Gasteiger partial charge < -0.3 is 14.4 Å². The standard InChI is InChI=1S/C17H22F5N3O3/c1-24-6-4-5-12(24)15(26)25(2)8-10-7-11(18)14(23-13(10)27-3)28-9-17(21,22)16(19)20/h7,12,16H,4-6,8-9H2,1-3H3/t12-/m0/s1. The molecular formula is C17H22F5N3O3. The number of aromatic nitrogens is 1. The minimum atomic E-state index is -4.44. The minimum Gasteiger partial charge on any atom is -0.481 e. The molecule has 11 heteroatoms. The molecule has 1 aliphatic heterocycles. The van der Waals surface area contributed by atoms with Crippen LogP contribution < -0.4 is 9.47 Å². The third-order valence-corrected chi connectivity index (χ3v) is 4.49. The van der Waals surface area contributed by atoms with Gasteiger partial charge in [-0.2, -0.15) is 13.8 Å². The summed E-state index contributed by atoms with van der Waals surface area (Å²) in [6, 6.07) is 0.650. The van der Waals surface area contributed by atoms with E-state index in [1.165, 1.54) is 12.0 Å². The quantitative estimate of drug-likeness (QED) is 0.616. The molecule has 0 spiro atoms. The maximum absolute atomic E-state index is 14.2. The summed E-state index contributed by atoms with van der Waals surface area (Å²) in [4.78, 5) is 19.5. The maximum Gasteiger partial charge on any atom is 0.340 e. The summed E-state index contributed by atoms with van der Waals surface area (Å²) in [5, 5.41) is 0. The summed E-state index contributed by atoms with van der Waals surface area (Å²) < 4.78 is 73.9. The van der Waals surface area contributed by atoms with Gasteiger partial charge in [0.1, 0.15) is 0 Å². The Morgan fingerprint density at radius 1 is 1.43 bits per heavy atom. The zero-order chi connectivity index (χ0) is 21.1. The van der Waals surface area contributed by atoms with Crippen LogP contribution in [0.15, 0.2) is 6.07 Å². The lowest BCUT2D eigenvalue weighted by atomic mass is 10.1. The number of halogens is 5. The van der Waals surface area contributed by atoms with Crippen LogP contribution in [0.2, 0.25) is 0 Å². The third kappa shape index (κ3) is 5.00. The second kappa shape index (κ2) is 8.89. The van der Waals surface area contributed by atoms with Crippen LogP contribution in [0, 0.1) is 5.82 Å². The number of pyridine rings is 1.